The van der Waals surface area contributed by atoms with Crippen molar-refractivity contribution in [3.8, 4) is 0 Å². The van der Waals surface area contributed by atoms with Gasteiger partial charge in [-0.15, -0.1) is 0 Å². The van der Waals surface area contributed by atoms with Crippen molar-refractivity contribution >= 4 is 5.91 Å². The molecule has 0 radical (unpaired) electrons. The van der Waals surface area contributed by atoms with Gasteiger partial charge in [0.15, 0.2) is 0 Å². The molecule has 1 aromatic rings. The maximum absolute atomic E-state index is 11.6. The van der Waals surface area contributed by atoms with Gasteiger partial charge in [0, 0.05) is 11.6 Å². The Labute approximate surface area is 89.4 Å². The van der Waals surface area contributed by atoms with E-state index >= 15 is 0 Å². The van der Waals surface area contributed by atoms with Crippen LogP contribution in [-0.4, -0.2) is 11.9 Å². The summed E-state index contributed by atoms with van der Waals surface area (Å²) in [5, 5.41) is 2.82. The second kappa shape index (κ2) is 5.48. The number of benzene rings is 1. The Morgan fingerprint density at radius 3 is 2.47 bits per heavy atom. The first-order chi connectivity index (χ1) is 7.13. The minimum Gasteiger partial charge on any atom is -0.350 e. The third kappa shape index (κ3) is 3.69. The summed E-state index contributed by atoms with van der Waals surface area (Å²) in [6, 6.07) is 7.30. The Bertz CT molecular complexity index is 320. The Hall–Kier alpha value is -1.39. The van der Waals surface area contributed by atoms with E-state index < -0.39 is 0 Å². The molecular formula is C11H16N2O2. The molecule has 15 heavy (non-hydrogen) atoms. The largest absolute Gasteiger partial charge is 0.350 e. The minimum atomic E-state index is -0.0646. The van der Waals surface area contributed by atoms with E-state index in [1.54, 1.807) is 12.1 Å². The van der Waals surface area contributed by atoms with Crippen LogP contribution in [0.2, 0.25) is 0 Å². The van der Waals surface area contributed by atoms with Crippen LogP contribution in [0.15, 0.2) is 24.3 Å². The molecule has 1 aromatic carbocycles. The molecule has 0 fully saturated rings. The number of nitrogens with two attached hydrogens (primary N) is 1. The molecule has 3 N–H and O–H groups in total. The summed E-state index contributed by atoms with van der Waals surface area (Å²) in [6.45, 7) is 4.20. The van der Waals surface area contributed by atoms with Gasteiger partial charge in [0.25, 0.3) is 5.91 Å². The molecule has 0 saturated heterocycles. The molecule has 0 aromatic heterocycles. The number of carbonyl (C=O) groups excluding carboxylic acids is 1. The topological polar surface area (TPSA) is 64.3 Å². The minimum absolute atomic E-state index is 0.0646. The van der Waals surface area contributed by atoms with Crippen molar-refractivity contribution in [2.45, 2.75) is 26.5 Å². The molecule has 0 unspecified atom stereocenters. The monoisotopic (exact) mass is 208 g/mol. The summed E-state index contributed by atoms with van der Waals surface area (Å²) in [6.07, 6.45) is 0. The van der Waals surface area contributed by atoms with Gasteiger partial charge in [-0.2, -0.15) is 0 Å². The van der Waals surface area contributed by atoms with Crippen LogP contribution in [0.3, 0.4) is 0 Å². The molecule has 82 valence electrons. The van der Waals surface area contributed by atoms with Crippen LogP contribution < -0.4 is 11.2 Å². The van der Waals surface area contributed by atoms with Crippen LogP contribution in [-0.2, 0) is 11.4 Å². The Morgan fingerprint density at radius 1 is 1.40 bits per heavy atom. The first kappa shape index (κ1) is 11.7. The number of carbonyl (C=O) groups is 1. The average Bonchev–Trinajstić information content (AvgIpc) is 2.18. The lowest BCUT2D eigenvalue weighted by atomic mass is 10.1. The summed E-state index contributed by atoms with van der Waals surface area (Å²) < 4.78 is 0. The van der Waals surface area contributed by atoms with Crippen molar-refractivity contribution in [1.29, 1.82) is 0 Å². The summed E-state index contributed by atoms with van der Waals surface area (Å²) >= 11 is 0. The highest BCUT2D eigenvalue weighted by Gasteiger charge is 2.05. The third-order valence-electron chi connectivity index (χ3n) is 1.89. The Balaban J connectivity index is 2.67. The highest BCUT2D eigenvalue weighted by atomic mass is 16.6. The fourth-order valence-electron chi connectivity index (χ4n) is 1.19. The van der Waals surface area contributed by atoms with Crippen LogP contribution in [0.4, 0.5) is 0 Å². The molecule has 0 aliphatic heterocycles. The van der Waals surface area contributed by atoms with Gasteiger partial charge < -0.3 is 5.32 Å². The lowest BCUT2D eigenvalue weighted by molar-refractivity contribution is 0.0943. The lowest BCUT2D eigenvalue weighted by Gasteiger charge is -2.08. The van der Waals surface area contributed by atoms with Crippen molar-refractivity contribution in [3.05, 3.63) is 35.4 Å². The quantitative estimate of drug-likeness (QED) is 0.731. The van der Waals surface area contributed by atoms with Gasteiger partial charge in [0.1, 0.15) is 0 Å². The van der Waals surface area contributed by atoms with Crippen molar-refractivity contribution in [2.75, 3.05) is 0 Å². The average molecular weight is 208 g/mol. The van der Waals surface area contributed by atoms with E-state index in [-0.39, 0.29) is 11.9 Å². The number of rotatable bonds is 4. The zero-order valence-electron chi connectivity index (χ0n) is 8.99. The first-order valence-corrected chi connectivity index (χ1v) is 4.85. The fraction of sp³-hybridized carbons (Fsp3) is 0.364. The van der Waals surface area contributed by atoms with Gasteiger partial charge >= 0.3 is 0 Å². The third-order valence-corrected chi connectivity index (χ3v) is 1.89. The van der Waals surface area contributed by atoms with Crippen molar-refractivity contribution in [3.63, 3.8) is 0 Å². The number of hydrogen-bond acceptors (Lipinski definition) is 3. The Morgan fingerprint density at radius 2 is 2.00 bits per heavy atom. The maximum atomic E-state index is 11.6. The number of nitrogens with one attached hydrogen (secondary N) is 1. The first-order valence-electron chi connectivity index (χ1n) is 4.85. The summed E-state index contributed by atoms with van der Waals surface area (Å²) in [5.41, 5.74) is 1.59. The molecular weight excluding hydrogens is 192 g/mol. The predicted molar refractivity (Wildman–Crippen MR) is 58.0 cm³/mol. The molecule has 0 heterocycles. The summed E-state index contributed by atoms with van der Waals surface area (Å²) in [7, 11) is 0. The van der Waals surface area contributed by atoms with Gasteiger partial charge in [0.2, 0.25) is 0 Å². The molecule has 0 bridgehead atoms. The van der Waals surface area contributed by atoms with E-state index in [1.165, 1.54) is 0 Å². The molecule has 4 nitrogen and oxygen atoms in total. The molecule has 1 amide bonds. The highest BCUT2D eigenvalue weighted by Crippen LogP contribution is 2.05. The molecule has 0 saturated carbocycles. The molecule has 0 aliphatic rings. The van der Waals surface area contributed by atoms with E-state index in [0.717, 1.165) is 5.56 Å². The van der Waals surface area contributed by atoms with Crippen LogP contribution in [0.1, 0.15) is 29.8 Å². The summed E-state index contributed by atoms with van der Waals surface area (Å²) in [5.74, 6) is 4.88. The second-order valence-electron chi connectivity index (χ2n) is 3.64. The smallest absolute Gasteiger partial charge is 0.251 e. The lowest BCUT2D eigenvalue weighted by Crippen LogP contribution is -2.29. The van der Waals surface area contributed by atoms with E-state index in [2.05, 4.69) is 10.2 Å². The molecule has 4 heteroatoms. The molecule has 0 spiro atoms. The maximum Gasteiger partial charge on any atom is 0.251 e. The van der Waals surface area contributed by atoms with E-state index in [9.17, 15) is 4.79 Å². The highest BCUT2D eigenvalue weighted by molar-refractivity contribution is 5.94. The zero-order chi connectivity index (χ0) is 11.3. The van der Waals surface area contributed by atoms with Crippen molar-refractivity contribution in [1.82, 2.24) is 5.32 Å². The van der Waals surface area contributed by atoms with Gasteiger partial charge in [-0.25, -0.2) is 5.90 Å². The SMILES string of the molecule is CC(C)NC(=O)c1ccc(CON)cc1. The number of hydrogen-bond donors (Lipinski definition) is 2. The summed E-state index contributed by atoms with van der Waals surface area (Å²) in [4.78, 5) is 16.0. The Kier molecular flexibility index (Phi) is 4.27. The zero-order valence-corrected chi connectivity index (χ0v) is 8.99. The standard InChI is InChI=1S/C11H16N2O2/c1-8(2)13-11(14)10-5-3-9(4-6-10)7-15-12/h3-6,8H,7,12H2,1-2H3,(H,13,14). The van der Waals surface area contributed by atoms with Crippen LogP contribution in [0.5, 0.6) is 0 Å². The van der Waals surface area contributed by atoms with Gasteiger partial charge in [0.05, 0.1) is 6.61 Å². The fourth-order valence-corrected chi connectivity index (χ4v) is 1.19. The van der Waals surface area contributed by atoms with Gasteiger partial charge in [-0.3, -0.25) is 9.63 Å². The van der Waals surface area contributed by atoms with Crippen LogP contribution >= 0.6 is 0 Å². The van der Waals surface area contributed by atoms with Crippen LogP contribution in [0, 0.1) is 0 Å². The molecule has 0 atom stereocenters. The normalized spacial score (nSPS) is 10.4. The number of amides is 1. The second-order valence-corrected chi connectivity index (χ2v) is 3.64. The van der Waals surface area contributed by atoms with Crippen molar-refractivity contribution in [2.24, 2.45) is 5.90 Å². The van der Waals surface area contributed by atoms with Crippen LogP contribution in [0.25, 0.3) is 0 Å². The van der Waals surface area contributed by atoms with Crippen molar-refractivity contribution < 1.29 is 9.63 Å². The van der Waals surface area contributed by atoms with E-state index in [0.29, 0.717) is 12.2 Å². The van der Waals surface area contributed by atoms with E-state index in [4.69, 9.17) is 5.90 Å². The van der Waals surface area contributed by atoms with E-state index in [1.807, 2.05) is 26.0 Å². The predicted octanol–water partition coefficient (Wildman–Crippen LogP) is 1.22. The van der Waals surface area contributed by atoms with Gasteiger partial charge in [-0.05, 0) is 31.5 Å². The van der Waals surface area contributed by atoms with Gasteiger partial charge in [-0.1, -0.05) is 12.1 Å². The molecule has 1 rings (SSSR count). The molecule has 0 aliphatic carbocycles.